The van der Waals surface area contributed by atoms with Crippen molar-refractivity contribution in [3.63, 3.8) is 0 Å². The highest BCUT2D eigenvalue weighted by atomic mass is 32.1. The van der Waals surface area contributed by atoms with Gasteiger partial charge in [0.2, 0.25) is 0 Å². The molecule has 0 saturated heterocycles. The van der Waals surface area contributed by atoms with E-state index < -0.39 is 5.97 Å². The van der Waals surface area contributed by atoms with Crippen LogP contribution in [0.2, 0.25) is 0 Å². The van der Waals surface area contributed by atoms with Gasteiger partial charge in [0.1, 0.15) is 16.3 Å². The average Bonchev–Trinajstić information content (AvgIpc) is 3.21. The van der Waals surface area contributed by atoms with Crippen molar-refractivity contribution >= 4 is 27.5 Å². The van der Waals surface area contributed by atoms with Crippen molar-refractivity contribution in [1.82, 2.24) is 9.13 Å². The normalized spacial score (nSPS) is 14.9. The molecule has 3 aromatic rings. The fourth-order valence-corrected chi connectivity index (χ4v) is 4.97. The maximum atomic E-state index is 13.0. The number of hydrogen-bond donors (Lipinski definition) is 0. The summed E-state index contributed by atoms with van der Waals surface area (Å²) in [6.45, 7) is 0.615. The number of aromatic nitrogens is 2. The monoisotopic (exact) mass is 412 g/mol. The Balaban J connectivity index is 1.62. The van der Waals surface area contributed by atoms with Crippen molar-refractivity contribution in [2.45, 2.75) is 45.3 Å². The summed E-state index contributed by atoms with van der Waals surface area (Å²) in [7, 11) is 1.65. The van der Waals surface area contributed by atoms with Gasteiger partial charge in [-0.2, -0.15) is 0 Å². The van der Waals surface area contributed by atoms with Gasteiger partial charge in [-0.1, -0.05) is 49.6 Å². The van der Waals surface area contributed by atoms with E-state index in [4.69, 9.17) is 4.74 Å². The summed E-state index contributed by atoms with van der Waals surface area (Å²) in [5.74, 6) is -0.124. The number of nitrogens with zero attached hydrogens (tertiary/aromatic N) is 2. The third-order valence-corrected chi connectivity index (χ3v) is 6.78. The van der Waals surface area contributed by atoms with Crippen LogP contribution in [0.15, 0.2) is 46.0 Å². The number of carbonyl (C=O) groups is 1. The van der Waals surface area contributed by atoms with E-state index in [0.29, 0.717) is 27.6 Å². The molecular formula is C22H24N2O4S. The molecule has 0 aliphatic heterocycles. The highest BCUT2D eigenvalue weighted by Gasteiger charge is 2.21. The summed E-state index contributed by atoms with van der Waals surface area (Å²) in [6.07, 6.45) is 5.62. The Labute approximate surface area is 172 Å². The lowest BCUT2D eigenvalue weighted by Crippen LogP contribution is -2.40. The summed E-state index contributed by atoms with van der Waals surface area (Å²) in [5.41, 5.74) is 0.260. The molecule has 1 fully saturated rings. The predicted molar refractivity (Wildman–Crippen MR) is 113 cm³/mol. The third-order valence-electron chi connectivity index (χ3n) is 5.59. The second-order valence-electron chi connectivity index (χ2n) is 7.65. The van der Waals surface area contributed by atoms with E-state index in [2.05, 4.69) is 0 Å². The van der Waals surface area contributed by atoms with Crippen LogP contribution in [0.1, 0.15) is 47.3 Å². The van der Waals surface area contributed by atoms with E-state index in [9.17, 15) is 14.4 Å². The Morgan fingerprint density at radius 1 is 1.14 bits per heavy atom. The number of benzene rings is 1. The zero-order valence-corrected chi connectivity index (χ0v) is 17.2. The van der Waals surface area contributed by atoms with Crippen LogP contribution in [-0.2, 0) is 24.9 Å². The van der Waals surface area contributed by atoms with E-state index in [1.54, 1.807) is 13.1 Å². The fraction of sp³-hybridized carbons (Fsp3) is 0.409. The number of rotatable bonds is 5. The lowest BCUT2D eigenvalue weighted by molar-refractivity contribution is 0.0478. The molecule has 29 heavy (non-hydrogen) atoms. The molecule has 7 heteroatoms. The molecule has 1 saturated carbocycles. The summed E-state index contributed by atoms with van der Waals surface area (Å²) in [5, 5.41) is 0.402. The van der Waals surface area contributed by atoms with Crippen LogP contribution in [0.25, 0.3) is 10.2 Å². The van der Waals surface area contributed by atoms with Crippen LogP contribution in [0.3, 0.4) is 0 Å². The first-order chi connectivity index (χ1) is 14.0. The molecule has 0 amide bonds. The van der Waals surface area contributed by atoms with Crippen LogP contribution < -0.4 is 11.2 Å². The molecule has 0 bridgehead atoms. The molecule has 2 aromatic heterocycles. The summed E-state index contributed by atoms with van der Waals surface area (Å²) in [6, 6.07) is 11.0. The van der Waals surface area contributed by atoms with E-state index in [1.165, 1.54) is 15.6 Å². The first-order valence-corrected chi connectivity index (χ1v) is 10.8. The van der Waals surface area contributed by atoms with Gasteiger partial charge in [-0.05, 0) is 30.4 Å². The zero-order valence-electron chi connectivity index (χ0n) is 16.4. The van der Waals surface area contributed by atoms with Gasteiger partial charge >= 0.3 is 11.7 Å². The number of aryl methyl sites for hydroxylation is 1. The number of fused-ring (bicyclic) bond motifs is 1. The molecule has 4 rings (SSSR count). The minimum absolute atomic E-state index is 0.165. The van der Waals surface area contributed by atoms with Crippen molar-refractivity contribution in [3.8, 4) is 0 Å². The summed E-state index contributed by atoms with van der Waals surface area (Å²) >= 11 is 1.13. The number of hydrogen-bond acceptors (Lipinski definition) is 5. The number of carbonyl (C=O) groups excluding carboxylic acids is 1. The minimum Gasteiger partial charge on any atom is -0.457 e. The summed E-state index contributed by atoms with van der Waals surface area (Å²) < 4.78 is 8.19. The molecule has 0 radical (unpaired) electrons. The number of thiophene rings is 1. The fourth-order valence-electron chi connectivity index (χ4n) is 3.97. The van der Waals surface area contributed by atoms with Crippen LogP contribution in [0.5, 0.6) is 0 Å². The quantitative estimate of drug-likeness (QED) is 0.599. The Morgan fingerprint density at radius 2 is 1.86 bits per heavy atom. The largest absolute Gasteiger partial charge is 0.457 e. The number of ether oxygens (including phenoxy) is 1. The Kier molecular flexibility index (Phi) is 5.67. The van der Waals surface area contributed by atoms with E-state index in [0.717, 1.165) is 42.6 Å². The SMILES string of the molecule is Cn1c(=O)n(CC2CCCCC2)c(=O)c2cc(C(=O)OCc3ccccc3)sc21. The van der Waals surface area contributed by atoms with Crippen LogP contribution >= 0.6 is 11.3 Å². The highest BCUT2D eigenvalue weighted by molar-refractivity contribution is 7.20. The first kappa shape index (κ1) is 19.6. The van der Waals surface area contributed by atoms with Gasteiger partial charge in [-0.3, -0.25) is 13.9 Å². The Hall–Kier alpha value is -2.67. The molecule has 0 N–H and O–H groups in total. The van der Waals surface area contributed by atoms with Crippen LogP contribution in [0.4, 0.5) is 0 Å². The van der Waals surface area contributed by atoms with Crippen molar-refractivity contribution in [3.05, 3.63) is 67.7 Å². The highest BCUT2D eigenvalue weighted by Crippen LogP contribution is 2.26. The van der Waals surface area contributed by atoms with Gasteiger partial charge < -0.3 is 4.74 Å². The van der Waals surface area contributed by atoms with E-state index >= 15 is 0 Å². The molecular weight excluding hydrogens is 388 g/mol. The molecule has 1 aliphatic carbocycles. The first-order valence-electron chi connectivity index (χ1n) is 9.99. The van der Waals surface area contributed by atoms with Gasteiger partial charge in [-0.25, -0.2) is 9.59 Å². The van der Waals surface area contributed by atoms with E-state index in [-0.39, 0.29) is 17.9 Å². The second-order valence-corrected chi connectivity index (χ2v) is 8.68. The molecule has 2 heterocycles. The van der Waals surface area contributed by atoms with Gasteiger partial charge in [0.05, 0.1) is 5.39 Å². The van der Waals surface area contributed by atoms with Gasteiger partial charge in [0.25, 0.3) is 5.56 Å². The molecule has 152 valence electrons. The molecule has 0 spiro atoms. The molecule has 0 atom stereocenters. The standard InChI is InChI=1S/C22H24N2O4S/c1-23-20-17(19(25)24(22(23)27)13-15-8-4-2-5-9-15)12-18(29-20)21(26)28-14-16-10-6-3-7-11-16/h3,6-7,10-12,15H,2,4-5,8-9,13-14H2,1H3. The maximum absolute atomic E-state index is 13.0. The molecule has 6 nitrogen and oxygen atoms in total. The lowest BCUT2D eigenvalue weighted by Gasteiger charge is -2.22. The maximum Gasteiger partial charge on any atom is 0.348 e. The molecule has 1 aromatic carbocycles. The minimum atomic E-state index is -0.485. The lowest BCUT2D eigenvalue weighted by atomic mass is 9.89. The zero-order chi connectivity index (χ0) is 20.4. The van der Waals surface area contributed by atoms with Gasteiger partial charge in [0, 0.05) is 13.6 Å². The predicted octanol–water partition coefficient (Wildman–Crippen LogP) is 3.70. The van der Waals surface area contributed by atoms with E-state index in [1.807, 2.05) is 30.3 Å². The Bertz CT molecular complexity index is 1140. The van der Waals surface area contributed by atoms with Crippen molar-refractivity contribution < 1.29 is 9.53 Å². The van der Waals surface area contributed by atoms with Crippen molar-refractivity contribution in [2.75, 3.05) is 0 Å². The Morgan fingerprint density at radius 3 is 2.59 bits per heavy atom. The number of esters is 1. The van der Waals surface area contributed by atoms with Crippen molar-refractivity contribution in [2.24, 2.45) is 13.0 Å². The topological polar surface area (TPSA) is 70.3 Å². The molecule has 1 aliphatic rings. The van der Waals surface area contributed by atoms with Crippen LogP contribution in [-0.4, -0.2) is 15.1 Å². The smallest absolute Gasteiger partial charge is 0.348 e. The second kappa shape index (κ2) is 8.37. The van der Waals surface area contributed by atoms with Crippen molar-refractivity contribution in [1.29, 1.82) is 0 Å². The van der Waals surface area contributed by atoms with Crippen LogP contribution in [0, 0.1) is 5.92 Å². The average molecular weight is 413 g/mol. The third kappa shape index (κ3) is 4.05. The van der Waals surface area contributed by atoms with Gasteiger partial charge in [-0.15, -0.1) is 11.3 Å². The van der Waals surface area contributed by atoms with Gasteiger partial charge in [0.15, 0.2) is 0 Å². The summed E-state index contributed by atoms with van der Waals surface area (Å²) in [4.78, 5) is 39.1. The molecule has 0 unspecified atom stereocenters.